The molecule has 1 aromatic heterocycles. The van der Waals surface area contributed by atoms with Crippen molar-refractivity contribution < 1.29 is 9.53 Å². The van der Waals surface area contributed by atoms with Gasteiger partial charge in [-0.15, -0.1) is 11.3 Å². The Kier molecular flexibility index (Phi) is 4.98. The van der Waals surface area contributed by atoms with Crippen LogP contribution >= 0.6 is 27.3 Å². The van der Waals surface area contributed by atoms with Gasteiger partial charge in [-0.2, -0.15) is 0 Å². The van der Waals surface area contributed by atoms with Gasteiger partial charge in [-0.25, -0.2) is 0 Å². The van der Waals surface area contributed by atoms with Crippen molar-refractivity contribution in [1.29, 1.82) is 0 Å². The summed E-state index contributed by atoms with van der Waals surface area (Å²) in [7, 11) is 1.69. The Morgan fingerprint density at radius 1 is 1.39 bits per heavy atom. The third kappa shape index (κ3) is 3.03. The number of Topliss-reactive ketones (excluding diaryl/α,β-unsaturated/α-hetero) is 1. The molecule has 1 aromatic rings. The number of hydrogen-bond acceptors (Lipinski definition) is 3. The first-order valence-corrected chi connectivity index (χ1v) is 8.15. The summed E-state index contributed by atoms with van der Waals surface area (Å²) in [6, 6.07) is 2.00. The van der Waals surface area contributed by atoms with Crippen LogP contribution in [0.4, 0.5) is 0 Å². The van der Waals surface area contributed by atoms with Gasteiger partial charge in [-0.3, -0.25) is 4.79 Å². The summed E-state index contributed by atoms with van der Waals surface area (Å²) in [4.78, 5) is 13.7. The molecule has 1 aliphatic rings. The van der Waals surface area contributed by atoms with E-state index in [1.165, 1.54) is 12.8 Å². The smallest absolute Gasteiger partial charge is 0.169 e. The molecule has 2 rings (SSSR count). The van der Waals surface area contributed by atoms with E-state index in [-0.39, 0.29) is 5.78 Å². The summed E-state index contributed by atoms with van der Waals surface area (Å²) in [6.07, 6.45) is 6.90. The van der Waals surface area contributed by atoms with Crippen molar-refractivity contribution >= 4 is 33.0 Å². The van der Waals surface area contributed by atoms with Gasteiger partial charge in [0, 0.05) is 22.9 Å². The Labute approximate surface area is 121 Å². The average molecular weight is 331 g/mol. The lowest BCUT2D eigenvalue weighted by molar-refractivity contribution is -0.142. The molecule has 0 saturated heterocycles. The summed E-state index contributed by atoms with van der Waals surface area (Å²) in [6.45, 7) is 0. The number of carbonyl (C=O) groups is 1. The minimum absolute atomic E-state index is 0.245. The monoisotopic (exact) mass is 330 g/mol. The van der Waals surface area contributed by atoms with Gasteiger partial charge in [0.1, 0.15) is 5.60 Å². The fraction of sp³-hybridized carbons (Fsp3) is 0.643. The van der Waals surface area contributed by atoms with E-state index in [9.17, 15) is 4.79 Å². The molecule has 0 amide bonds. The van der Waals surface area contributed by atoms with Crippen molar-refractivity contribution in [3.05, 3.63) is 20.8 Å². The van der Waals surface area contributed by atoms with Crippen molar-refractivity contribution in [3.63, 3.8) is 0 Å². The first-order valence-electron chi connectivity index (χ1n) is 6.48. The predicted octanol–water partition coefficient (Wildman–Crippen LogP) is 4.36. The second-order valence-electron chi connectivity index (χ2n) is 4.90. The van der Waals surface area contributed by atoms with E-state index in [1.807, 2.05) is 11.4 Å². The Bertz CT molecular complexity index is 406. The highest BCUT2D eigenvalue weighted by Gasteiger charge is 2.38. The molecule has 0 bridgehead atoms. The molecule has 4 heteroatoms. The maximum absolute atomic E-state index is 12.6. The number of methoxy groups -OCH3 is 1. The van der Waals surface area contributed by atoms with E-state index in [0.29, 0.717) is 6.42 Å². The molecule has 0 radical (unpaired) electrons. The quantitative estimate of drug-likeness (QED) is 0.766. The summed E-state index contributed by atoms with van der Waals surface area (Å²) in [5.74, 6) is 0.245. The minimum Gasteiger partial charge on any atom is -0.370 e. The van der Waals surface area contributed by atoms with Crippen LogP contribution in [0.1, 0.15) is 43.4 Å². The third-order valence-corrected chi connectivity index (χ3v) is 5.75. The molecular weight excluding hydrogens is 312 g/mol. The second kappa shape index (κ2) is 6.31. The van der Waals surface area contributed by atoms with Gasteiger partial charge in [-0.1, -0.05) is 25.7 Å². The molecule has 0 N–H and O–H groups in total. The maximum Gasteiger partial charge on any atom is 0.169 e. The zero-order chi connectivity index (χ0) is 13.0. The van der Waals surface area contributed by atoms with Crippen molar-refractivity contribution in [2.24, 2.45) is 0 Å². The molecule has 0 aromatic carbocycles. The lowest BCUT2D eigenvalue weighted by atomic mass is 9.87. The fourth-order valence-electron chi connectivity index (χ4n) is 2.65. The largest absolute Gasteiger partial charge is 0.370 e. The molecule has 1 aliphatic carbocycles. The summed E-state index contributed by atoms with van der Waals surface area (Å²) in [5, 5.41) is 2.01. The van der Waals surface area contributed by atoms with Crippen LogP contribution in [0.5, 0.6) is 0 Å². The number of rotatable bonds is 4. The maximum atomic E-state index is 12.6. The highest BCUT2D eigenvalue weighted by Crippen LogP contribution is 2.33. The van der Waals surface area contributed by atoms with Crippen LogP contribution in [0.3, 0.4) is 0 Å². The van der Waals surface area contributed by atoms with Gasteiger partial charge in [0.25, 0.3) is 0 Å². The van der Waals surface area contributed by atoms with Crippen molar-refractivity contribution in [1.82, 2.24) is 0 Å². The summed E-state index contributed by atoms with van der Waals surface area (Å²) in [5.41, 5.74) is -0.528. The van der Waals surface area contributed by atoms with E-state index in [1.54, 1.807) is 18.4 Å². The van der Waals surface area contributed by atoms with Crippen LogP contribution in [0, 0.1) is 0 Å². The number of carbonyl (C=O) groups excluding carboxylic acids is 1. The molecular formula is C14H19BrO2S. The summed E-state index contributed by atoms with van der Waals surface area (Å²) < 4.78 is 6.69. The van der Waals surface area contributed by atoms with E-state index < -0.39 is 5.60 Å². The molecule has 1 heterocycles. The first kappa shape index (κ1) is 14.2. The first-order chi connectivity index (χ1) is 8.68. The Morgan fingerprint density at radius 2 is 2.06 bits per heavy atom. The van der Waals surface area contributed by atoms with E-state index in [2.05, 4.69) is 15.9 Å². The highest BCUT2D eigenvalue weighted by atomic mass is 79.9. The number of ether oxygens (including phenoxy) is 1. The number of hydrogen-bond donors (Lipinski definition) is 0. The number of ketones is 1. The van der Waals surface area contributed by atoms with Crippen molar-refractivity contribution in [2.45, 2.75) is 50.5 Å². The molecule has 0 aliphatic heterocycles. The highest BCUT2D eigenvalue weighted by molar-refractivity contribution is 9.10. The Hall–Kier alpha value is -0.190. The average Bonchev–Trinajstić information content (AvgIpc) is 2.66. The SMILES string of the molecule is COC1(C(=O)Cc2sccc2Br)CCCCCC1. The number of halogens is 1. The van der Waals surface area contributed by atoms with Crippen LogP contribution in [0.2, 0.25) is 0 Å². The van der Waals surface area contributed by atoms with Gasteiger partial charge in [0.2, 0.25) is 0 Å². The molecule has 18 heavy (non-hydrogen) atoms. The van der Waals surface area contributed by atoms with Crippen LogP contribution < -0.4 is 0 Å². The standard InChI is InChI=1S/C14H19BrO2S/c1-17-14(7-4-2-3-5-8-14)13(16)10-12-11(15)6-9-18-12/h6,9H,2-5,7-8,10H2,1H3. The van der Waals surface area contributed by atoms with Gasteiger partial charge >= 0.3 is 0 Å². The van der Waals surface area contributed by atoms with Gasteiger partial charge in [-0.05, 0) is 40.2 Å². The van der Waals surface area contributed by atoms with Crippen LogP contribution in [-0.4, -0.2) is 18.5 Å². The van der Waals surface area contributed by atoms with Gasteiger partial charge < -0.3 is 4.74 Å². The van der Waals surface area contributed by atoms with Crippen LogP contribution in [-0.2, 0) is 16.0 Å². The van der Waals surface area contributed by atoms with E-state index in [4.69, 9.17) is 4.74 Å². The van der Waals surface area contributed by atoms with E-state index in [0.717, 1.165) is 35.0 Å². The van der Waals surface area contributed by atoms with Gasteiger partial charge in [0.15, 0.2) is 5.78 Å². The minimum atomic E-state index is -0.528. The van der Waals surface area contributed by atoms with Crippen LogP contribution in [0.25, 0.3) is 0 Å². The molecule has 0 atom stereocenters. The topological polar surface area (TPSA) is 26.3 Å². The second-order valence-corrected chi connectivity index (χ2v) is 6.76. The third-order valence-electron chi connectivity index (χ3n) is 3.82. The lowest BCUT2D eigenvalue weighted by Crippen LogP contribution is -2.41. The lowest BCUT2D eigenvalue weighted by Gasteiger charge is -2.29. The molecule has 100 valence electrons. The Morgan fingerprint density at radius 3 is 2.56 bits per heavy atom. The fourth-order valence-corrected chi connectivity index (χ4v) is 4.15. The number of thiophene rings is 1. The predicted molar refractivity (Wildman–Crippen MR) is 78.2 cm³/mol. The normalized spacial score (nSPS) is 19.4. The molecule has 0 spiro atoms. The van der Waals surface area contributed by atoms with Crippen molar-refractivity contribution in [3.8, 4) is 0 Å². The molecule has 2 nitrogen and oxygen atoms in total. The summed E-state index contributed by atoms with van der Waals surface area (Å²) >= 11 is 5.12. The Balaban J connectivity index is 2.11. The molecule has 1 fully saturated rings. The van der Waals surface area contributed by atoms with Crippen LogP contribution in [0.15, 0.2) is 15.9 Å². The zero-order valence-corrected chi connectivity index (χ0v) is 13.1. The van der Waals surface area contributed by atoms with Crippen molar-refractivity contribution in [2.75, 3.05) is 7.11 Å². The molecule has 1 saturated carbocycles. The zero-order valence-electron chi connectivity index (χ0n) is 10.7. The van der Waals surface area contributed by atoms with Gasteiger partial charge in [0.05, 0.1) is 0 Å². The molecule has 0 unspecified atom stereocenters. The van der Waals surface area contributed by atoms with E-state index >= 15 is 0 Å².